The van der Waals surface area contributed by atoms with Gasteiger partial charge in [0.15, 0.2) is 5.78 Å². The Morgan fingerprint density at radius 3 is 2.47 bits per heavy atom. The number of aliphatic hydroxyl groups is 1. The van der Waals surface area contributed by atoms with Crippen LogP contribution < -0.4 is 4.74 Å². The number of ketones is 1. The number of hydrogen-bond donors (Lipinski definition) is 1. The molecule has 1 aromatic rings. The SMILES string of the molecule is CC(=O)c1cccc(OCCOCCOCCO)c1. The molecule has 5 heteroatoms. The highest BCUT2D eigenvalue weighted by Crippen LogP contribution is 2.13. The first-order valence-corrected chi connectivity index (χ1v) is 6.24. The lowest BCUT2D eigenvalue weighted by molar-refractivity contribution is 0.0247. The molecular weight excluding hydrogens is 248 g/mol. The van der Waals surface area contributed by atoms with E-state index in [-0.39, 0.29) is 12.4 Å². The van der Waals surface area contributed by atoms with Crippen LogP contribution in [0, 0.1) is 0 Å². The van der Waals surface area contributed by atoms with Gasteiger partial charge in [0.25, 0.3) is 0 Å². The predicted octanol–water partition coefficient (Wildman–Crippen LogP) is 1.29. The van der Waals surface area contributed by atoms with Gasteiger partial charge in [0.2, 0.25) is 0 Å². The first-order valence-electron chi connectivity index (χ1n) is 6.24. The number of carbonyl (C=O) groups is 1. The summed E-state index contributed by atoms with van der Waals surface area (Å²) in [4.78, 5) is 11.2. The van der Waals surface area contributed by atoms with Gasteiger partial charge >= 0.3 is 0 Å². The van der Waals surface area contributed by atoms with Crippen LogP contribution >= 0.6 is 0 Å². The molecule has 0 saturated carbocycles. The number of benzene rings is 1. The second-order valence-electron chi connectivity index (χ2n) is 3.88. The van der Waals surface area contributed by atoms with Crippen molar-refractivity contribution in [3.63, 3.8) is 0 Å². The number of carbonyl (C=O) groups excluding carboxylic acids is 1. The Balaban J connectivity index is 2.12. The zero-order valence-electron chi connectivity index (χ0n) is 11.1. The van der Waals surface area contributed by atoms with Crippen LogP contribution in [-0.2, 0) is 9.47 Å². The van der Waals surface area contributed by atoms with Crippen molar-refractivity contribution in [3.05, 3.63) is 29.8 Å². The summed E-state index contributed by atoms with van der Waals surface area (Å²) in [7, 11) is 0. The highest BCUT2D eigenvalue weighted by atomic mass is 16.5. The molecule has 1 rings (SSSR count). The van der Waals surface area contributed by atoms with E-state index in [0.29, 0.717) is 44.3 Å². The summed E-state index contributed by atoms with van der Waals surface area (Å²) in [5.74, 6) is 0.676. The van der Waals surface area contributed by atoms with Gasteiger partial charge in [0.05, 0.1) is 33.0 Å². The number of hydrogen-bond acceptors (Lipinski definition) is 5. The molecule has 0 bridgehead atoms. The van der Waals surface area contributed by atoms with Gasteiger partial charge in [0, 0.05) is 5.56 Å². The number of ether oxygens (including phenoxy) is 3. The molecule has 0 spiro atoms. The predicted molar refractivity (Wildman–Crippen MR) is 70.7 cm³/mol. The fraction of sp³-hybridized carbons (Fsp3) is 0.500. The summed E-state index contributed by atoms with van der Waals surface area (Å²) < 4.78 is 15.8. The van der Waals surface area contributed by atoms with E-state index >= 15 is 0 Å². The lowest BCUT2D eigenvalue weighted by atomic mass is 10.1. The van der Waals surface area contributed by atoms with Crippen molar-refractivity contribution in [2.45, 2.75) is 6.92 Å². The minimum atomic E-state index is 0.0164. The number of Topliss-reactive ketones (excluding diaryl/α,β-unsaturated/α-hetero) is 1. The van der Waals surface area contributed by atoms with Crippen molar-refractivity contribution in [2.24, 2.45) is 0 Å². The molecule has 1 N–H and O–H groups in total. The highest BCUT2D eigenvalue weighted by Gasteiger charge is 2.00. The van der Waals surface area contributed by atoms with Gasteiger partial charge in [-0.25, -0.2) is 0 Å². The Hall–Kier alpha value is -1.43. The van der Waals surface area contributed by atoms with Crippen LogP contribution in [0.5, 0.6) is 5.75 Å². The Bertz CT molecular complexity index is 378. The second-order valence-corrected chi connectivity index (χ2v) is 3.88. The minimum Gasteiger partial charge on any atom is -0.491 e. The van der Waals surface area contributed by atoms with Gasteiger partial charge < -0.3 is 19.3 Å². The van der Waals surface area contributed by atoms with Crippen molar-refractivity contribution in [1.82, 2.24) is 0 Å². The molecule has 0 aliphatic carbocycles. The molecule has 0 aromatic heterocycles. The molecule has 0 unspecified atom stereocenters. The Morgan fingerprint density at radius 2 is 1.79 bits per heavy atom. The molecule has 0 atom stereocenters. The average molecular weight is 268 g/mol. The van der Waals surface area contributed by atoms with Crippen molar-refractivity contribution in [1.29, 1.82) is 0 Å². The fourth-order valence-corrected chi connectivity index (χ4v) is 1.41. The normalized spacial score (nSPS) is 10.4. The van der Waals surface area contributed by atoms with E-state index in [0.717, 1.165) is 0 Å². The Kier molecular flexibility index (Phi) is 7.81. The van der Waals surface area contributed by atoms with E-state index in [9.17, 15) is 4.79 Å². The standard InChI is InChI=1S/C14H20O5/c1-12(16)13-3-2-4-14(11-13)19-10-9-18-8-7-17-6-5-15/h2-4,11,15H,5-10H2,1H3. The highest BCUT2D eigenvalue weighted by molar-refractivity contribution is 5.94. The molecule has 5 nitrogen and oxygen atoms in total. The summed E-state index contributed by atoms with van der Waals surface area (Å²) >= 11 is 0. The van der Waals surface area contributed by atoms with Crippen molar-refractivity contribution < 1.29 is 24.1 Å². The molecule has 0 aliphatic heterocycles. The maximum absolute atomic E-state index is 11.2. The summed E-state index contributed by atoms with van der Waals surface area (Å²) in [5.41, 5.74) is 0.635. The van der Waals surface area contributed by atoms with Crippen molar-refractivity contribution in [3.8, 4) is 5.75 Å². The van der Waals surface area contributed by atoms with Gasteiger partial charge in [-0.15, -0.1) is 0 Å². The van der Waals surface area contributed by atoms with Crippen LogP contribution in [-0.4, -0.2) is 50.5 Å². The van der Waals surface area contributed by atoms with E-state index in [4.69, 9.17) is 19.3 Å². The topological polar surface area (TPSA) is 65.0 Å². The third kappa shape index (κ3) is 6.91. The average Bonchev–Trinajstić information content (AvgIpc) is 2.42. The summed E-state index contributed by atoms with van der Waals surface area (Å²) in [6, 6.07) is 7.06. The smallest absolute Gasteiger partial charge is 0.159 e. The van der Waals surface area contributed by atoms with E-state index in [1.807, 2.05) is 0 Å². The van der Waals surface area contributed by atoms with Gasteiger partial charge in [-0.3, -0.25) is 4.79 Å². The van der Waals surface area contributed by atoms with Crippen molar-refractivity contribution >= 4 is 5.78 Å². The third-order valence-corrected chi connectivity index (χ3v) is 2.34. The molecule has 0 fully saturated rings. The van der Waals surface area contributed by atoms with E-state index in [2.05, 4.69) is 0 Å². The largest absolute Gasteiger partial charge is 0.491 e. The molecule has 106 valence electrons. The third-order valence-electron chi connectivity index (χ3n) is 2.34. The van der Waals surface area contributed by atoms with Crippen LogP contribution in [0.1, 0.15) is 17.3 Å². The van der Waals surface area contributed by atoms with Gasteiger partial charge in [-0.2, -0.15) is 0 Å². The molecule has 0 amide bonds. The lowest BCUT2D eigenvalue weighted by Gasteiger charge is -2.08. The first-order chi connectivity index (χ1) is 9.24. The zero-order chi connectivity index (χ0) is 13.9. The molecule has 19 heavy (non-hydrogen) atoms. The molecule has 0 heterocycles. The minimum absolute atomic E-state index is 0.0164. The number of aliphatic hydroxyl groups excluding tert-OH is 1. The maximum atomic E-state index is 11.2. The van der Waals surface area contributed by atoms with Crippen LogP contribution in [0.2, 0.25) is 0 Å². The molecular formula is C14H20O5. The van der Waals surface area contributed by atoms with Crippen LogP contribution in [0.25, 0.3) is 0 Å². The van der Waals surface area contributed by atoms with E-state index in [1.54, 1.807) is 24.3 Å². The van der Waals surface area contributed by atoms with Crippen LogP contribution in [0.3, 0.4) is 0 Å². The summed E-state index contributed by atoms with van der Waals surface area (Å²) in [5, 5.41) is 8.48. The fourth-order valence-electron chi connectivity index (χ4n) is 1.41. The van der Waals surface area contributed by atoms with Gasteiger partial charge in [-0.05, 0) is 19.1 Å². The molecule has 0 saturated heterocycles. The molecule has 1 aromatic carbocycles. The molecule has 0 aliphatic rings. The molecule has 0 radical (unpaired) electrons. The maximum Gasteiger partial charge on any atom is 0.159 e. The van der Waals surface area contributed by atoms with E-state index < -0.39 is 0 Å². The van der Waals surface area contributed by atoms with E-state index in [1.165, 1.54) is 6.92 Å². The lowest BCUT2D eigenvalue weighted by Crippen LogP contribution is -2.12. The van der Waals surface area contributed by atoms with Crippen LogP contribution in [0.4, 0.5) is 0 Å². The monoisotopic (exact) mass is 268 g/mol. The second kappa shape index (κ2) is 9.49. The van der Waals surface area contributed by atoms with Gasteiger partial charge in [0.1, 0.15) is 12.4 Å². The quantitative estimate of drug-likeness (QED) is 0.512. The van der Waals surface area contributed by atoms with Crippen LogP contribution in [0.15, 0.2) is 24.3 Å². The number of rotatable bonds is 10. The van der Waals surface area contributed by atoms with Crippen molar-refractivity contribution in [2.75, 3.05) is 39.6 Å². The summed E-state index contributed by atoms with van der Waals surface area (Å²) in [6.45, 7) is 3.67. The Labute approximate surface area is 113 Å². The van der Waals surface area contributed by atoms with Gasteiger partial charge in [-0.1, -0.05) is 12.1 Å². The first kappa shape index (κ1) is 15.6. The summed E-state index contributed by atoms with van der Waals surface area (Å²) in [6.07, 6.45) is 0. The Morgan fingerprint density at radius 1 is 1.11 bits per heavy atom. The zero-order valence-corrected chi connectivity index (χ0v) is 11.1.